The van der Waals surface area contributed by atoms with Crippen molar-refractivity contribution in [2.75, 3.05) is 19.8 Å². The fourth-order valence-corrected chi connectivity index (χ4v) is 3.32. The van der Waals surface area contributed by atoms with Gasteiger partial charge in [0.2, 0.25) is 11.8 Å². The SMILES string of the molecule is O=C(NCc1ccc(Cl)cc1)C1CC(=O)N(C2CCOCC2)C1. The standard InChI is InChI=1S/C17H21ClN2O3/c18-14-3-1-12(2-4-14)10-19-17(22)13-9-16(21)20(11-13)15-5-7-23-8-6-15/h1-4,13,15H,5-11H2,(H,19,22). The van der Waals surface area contributed by atoms with Crippen molar-refractivity contribution in [1.82, 2.24) is 10.2 Å². The Kier molecular flexibility index (Phi) is 5.18. The van der Waals surface area contributed by atoms with Crippen LogP contribution in [-0.2, 0) is 20.9 Å². The molecule has 0 aromatic heterocycles. The summed E-state index contributed by atoms with van der Waals surface area (Å²) in [7, 11) is 0. The first-order valence-corrected chi connectivity index (χ1v) is 8.40. The van der Waals surface area contributed by atoms with Crippen molar-refractivity contribution in [3.05, 3.63) is 34.9 Å². The van der Waals surface area contributed by atoms with Gasteiger partial charge >= 0.3 is 0 Å². The lowest BCUT2D eigenvalue weighted by atomic mass is 10.1. The highest BCUT2D eigenvalue weighted by molar-refractivity contribution is 6.30. The molecule has 23 heavy (non-hydrogen) atoms. The van der Waals surface area contributed by atoms with Gasteiger partial charge in [-0.2, -0.15) is 0 Å². The molecule has 2 saturated heterocycles. The Labute approximate surface area is 140 Å². The topological polar surface area (TPSA) is 58.6 Å². The molecular formula is C17H21ClN2O3. The predicted octanol–water partition coefficient (Wildman–Crippen LogP) is 1.98. The Balaban J connectivity index is 1.52. The number of hydrogen-bond donors (Lipinski definition) is 1. The molecule has 2 fully saturated rings. The Morgan fingerprint density at radius 3 is 2.65 bits per heavy atom. The van der Waals surface area contributed by atoms with Crippen molar-refractivity contribution in [2.24, 2.45) is 5.92 Å². The number of nitrogens with one attached hydrogen (secondary N) is 1. The molecule has 2 amide bonds. The number of carbonyl (C=O) groups excluding carboxylic acids is 2. The van der Waals surface area contributed by atoms with E-state index in [-0.39, 0.29) is 23.8 Å². The molecule has 0 bridgehead atoms. The van der Waals surface area contributed by atoms with Crippen LogP contribution in [0.3, 0.4) is 0 Å². The third-order valence-electron chi connectivity index (χ3n) is 4.54. The van der Waals surface area contributed by atoms with Crippen LogP contribution in [0.1, 0.15) is 24.8 Å². The Bertz CT molecular complexity index is 570. The van der Waals surface area contributed by atoms with Crippen LogP contribution < -0.4 is 5.32 Å². The second-order valence-electron chi connectivity index (χ2n) is 6.13. The van der Waals surface area contributed by atoms with E-state index in [1.807, 2.05) is 17.0 Å². The molecule has 0 aliphatic carbocycles. The fourth-order valence-electron chi connectivity index (χ4n) is 3.19. The first kappa shape index (κ1) is 16.3. The van der Waals surface area contributed by atoms with E-state index in [2.05, 4.69) is 5.32 Å². The molecule has 2 aliphatic heterocycles. The maximum absolute atomic E-state index is 12.3. The zero-order valence-corrected chi connectivity index (χ0v) is 13.7. The van der Waals surface area contributed by atoms with Gasteiger partial charge in [0, 0.05) is 43.8 Å². The number of hydrogen-bond acceptors (Lipinski definition) is 3. The molecule has 0 saturated carbocycles. The third kappa shape index (κ3) is 4.03. The number of ether oxygens (including phenoxy) is 1. The molecule has 1 N–H and O–H groups in total. The average molecular weight is 337 g/mol. The van der Waals surface area contributed by atoms with Gasteiger partial charge in [-0.15, -0.1) is 0 Å². The quantitative estimate of drug-likeness (QED) is 0.914. The molecular weight excluding hydrogens is 316 g/mol. The van der Waals surface area contributed by atoms with Crippen LogP contribution in [0, 0.1) is 5.92 Å². The summed E-state index contributed by atoms with van der Waals surface area (Å²) >= 11 is 5.84. The van der Waals surface area contributed by atoms with E-state index in [4.69, 9.17) is 16.3 Å². The van der Waals surface area contributed by atoms with Crippen LogP contribution in [0.4, 0.5) is 0 Å². The summed E-state index contributed by atoms with van der Waals surface area (Å²) in [6.45, 7) is 2.37. The second-order valence-corrected chi connectivity index (χ2v) is 6.57. The summed E-state index contributed by atoms with van der Waals surface area (Å²) in [4.78, 5) is 26.4. The largest absolute Gasteiger partial charge is 0.381 e. The summed E-state index contributed by atoms with van der Waals surface area (Å²) < 4.78 is 5.34. The van der Waals surface area contributed by atoms with Gasteiger partial charge in [0.05, 0.1) is 5.92 Å². The number of benzene rings is 1. The molecule has 3 rings (SSSR count). The second kappa shape index (κ2) is 7.32. The number of carbonyl (C=O) groups is 2. The summed E-state index contributed by atoms with van der Waals surface area (Å²) in [5.74, 6) is -0.218. The molecule has 2 aliphatic rings. The van der Waals surface area contributed by atoms with Crippen LogP contribution in [-0.4, -0.2) is 42.5 Å². The lowest BCUT2D eigenvalue weighted by molar-refractivity contribution is -0.131. The summed E-state index contributed by atoms with van der Waals surface area (Å²) in [5.41, 5.74) is 0.994. The Hall–Kier alpha value is -1.59. The molecule has 124 valence electrons. The number of rotatable bonds is 4. The van der Waals surface area contributed by atoms with E-state index in [9.17, 15) is 9.59 Å². The van der Waals surface area contributed by atoms with E-state index >= 15 is 0 Å². The third-order valence-corrected chi connectivity index (χ3v) is 4.79. The van der Waals surface area contributed by atoms with Crippen LogP contribution in [0.2, 0.25) is 5.02 Å². The van der Waals surface area contributed by atoms with Gasteiger partial charge in [-0.1, -0.05) is 23.7 Å². The molecule has 1 aromatic rings. The van der Waals surface area contributed by atoms with Gasteiger partial charge in [-0.05, 0) is 30.5 Å². The molecule has 0 spiro atoms. The number of nitrogens with zero attached hydrogens (tertiary/aromatic N) is 1. The van der Waals surface area contributed by atoms with Crippen LogP contribution in [0.25, 0.3) is 0 Å². The van der Waals surface area contributed by atoms with Crippen LogP contribution >= 0.6 is 11.6 Å². The lowest BCUT2D eigenvalue weighted by Crippen LogP contribution is -2.41. The molecule has 0 radical (unpaired) electrons. The fraction of sp³-hybridized carbons (Fsp3) is 0.529. The van der Waals surface area contributed by atoms with Crippen molar-refractivity contribution in [3.63, 3.8) is 0 Å². The van der Waals surface area contributed by atoms with Crippen molar-refractivity contribution in [1.29, 1.82) is 0 Å². The molecule has 2 heterocycles. The van der Waals surface area contributed by atoms with Crippen molar-refractivity contribution in [3.8, 4) is 0 Å². The van der Waals surface area contributed by atoms with Gasteiger partial charge in [0.15, 0.2) is 0 Å². The molecule has 5 nitrogen and oxygen atoms in total. The summed E-state index contributed by atoms with van der Waals surface area (Å²) in [6, 6.07) is 7.60. The maximum Gasteiger partial charge on any atom is 0.225 e. The first-order valence-electron chi connectivity index (χ1n) is 8.03. The van der Waals surface area contributed by atoms with E-state index in [1.54, 1.807) is 12.1 Å². The predicted molar refractivity (Wildman–Crippen MR) is 87.0 cm³/mol. The Morgan fingerprint density at radius 1 is 1.26 bits per heavy atom. The smallest absolute Gasteiger partial charge is 0.225 e. The summed E-state index contributed by atoms with van der Waals surface area (Å²) in [5, 5.41) is 3.59. The molecule has 6 heteroatoms. The summed E-state index contributed by atoms with van der Waals surface area (Å²) in [6.07, 6.45) is 2.04. The van der Waals surface area contributed by atoms with Crippen molar-refractivity contribution >= 4 is 23.4 Å². The number of likely N-dealkylation sites (tertiary alicyclic amines) is 1. The molecule has 1 aromatic carbocycles. The van der Waals surface area contributed by atoms with E-state index < -0.39 is 0 Å². The van der Waals surface area contributed by atoms with Crippen LogP contribution in [0.15, 0.2) is 24.3 Å². The van der Waals surface area contributed by atoms with Gasteiger partial charge in [0.25, 0.3) is 0 Å². The average Bonchev–Trinajstić information content (AvgIpc) is 2.97. The zero-order chi connectivity index (χ0) is 16.2. The number of halogens is 1. The van der Waals surface area contributed by atoms with Gasteiger partial charge < -0.3 is 15.0 Å². The monoisotopic (exact) mass is 336 g/mol. The van der Waals surface area contributed by atoms with E-state index in [0.717, 1.165) is 18.4 Å². The van der Waals surface area contributed by atoms with Crippen molar-refractivity contribution < 1.29 is 14.3 Å². The van der Waals surface area contributed by atoms with Crippen LogP contribution in [0.5, 0.6) is 0 Å². The van der Waals surface area contributed by atoms with Gasteiger partial charge in [-0.25, -0.2) is 0 Å². The highest BCUT2D eigenvalue weighted by Crippen LogP contribution is 2.25. The van der Waals surface area contributed by atoms with E-state index in [1.165, 1.54) is 0 Å². The van der Waals surface area contributed by atoms with E-state index in [0.29, 0.717) is 37.7 Å². The Morgan fingerprint density at radius 2 is 1.96 bits per heavy atom. The highest BCUT2D eigenvalue weighted by Gasteiger charge is 2.38. The molecule has 1 atom stereocenters. The zero-order valence-electron chi connectivity index (χ0n) is 13.0. The van der Waals surface area contributed by atoms with Gasteiger partial charge in [0.1, 0.15) is 0 Å². The normalized spacial score (nSPS) is 22.4. The lowest BCUT2D eigenvalue weighted by Gasteiger charge is -2.31. The number of amides is 2. The van der Waals surface area contributed by atoms with Crippen molar-refractivity contribution in [2.45, 2.75) is 31.8 Å². The minimum absolute atomic E-state index is 0.0529. The maximum atomic E-state index is 12.3. The minimum Gasteiger partial charge on any atom is -0.381 e. The molecule has 1 unspecified atom stereocenters. The first-order chi connectivity index (χ1) is 11.1. The minimum atomic E-state index is -0.252. The van der Waals surface area contributed by atoms with Gasteiger partial charge in [-0.3, -0.25) is 9.59 Å². The highest BCUT2D eigenvalue weighted by atomic mass is 35.5.